The van der Waals surface area contributed by atoms with Crippen LogP contribution >= 0.6 is 7.82 Å². The van der Waals surface area contributed by atoms with Crippen molar-refractivity contribution in [2.24, 2.45) is 0 Å². The van der Waals surface area contributed by atoms with Gasteiger partial charge in [0.1, 0.15) is 0 Å². The van der Waals surface area contributed by atoms with E-state index >= 15 is 0 Å². The van der Waals surface area contributed by atoms with Crippen LogP contribution in [0.25, 0.3) is 0 Å². The van der Waals surface area contributed by atoms with Gasteiger partial charge in [0.05, 0.1) is 0 Å². The number of hydrogen-bond acceptors (Lipinski definition) is 4. The molecular formula is H4BiNO4P. The molecule has 0 unspecified atom stereocenters. The van der Waals surface area contributed by atoms with E-state index in [1.54, 1.807) is 0 Å². The van der Waals surface area contributed by atoms with Gasteiger partial charge in [-0.25, -0.2) is 0 Å². The van der Waals surface area contributed by atoms with E-state index in [1.165, 1.54) is 0 Å². The van der Waals surface area contributed by atoms with Gasteiger partial charge in [-0.05, 0) is 0 Å². The summed E-state index contributed by atoms with van der Waals surface area (Å²) in [5.74, 6) is 0. The van der Waals surface area contributed by atoms with Crippen LogP contribution in [0, 0.1) is 0 Å². The molecule has 5 nitrogen and oxygen atoms in total. The van der Waals surface area contributed by atoms with Crippen molar-refractivity contribution in [3.63, 3.8) is 0 Å². The summed E-state index contributed by atoms with van der Waals surface area (Å²) in [5, 5.41) is 0. The van der Waals surface area contributed by atoms with E-state index < -0.39 is 7.82 Å². The Bertz CT molecular complexity index is 57.8. The van der Waals surface area contributed by atoms with Crippen molar-refractivity contribution in [3.8, 4) is 0 Å². The Morgan fingerprint density at radius 3 is 1.14 bits per heavy atom. The van der Waals surface area contributed by atoms with Gasteiger partial charge in [-0.1, -0.05) is 0 Å². The summed E-state index contributed by atoms with van der Waals surface area (Å²) in [6, 6.07) is 0. The van der Waals surface area contributed by atoms with Gasteiger partial charge in [-0.3, -0.25) is 0 Å². The van der Waals surface area contributed by atoms with Crippen molar-refractivity contribution in [1.29, 1.82) is 0 Å². The zero-order valence-electron chi connectivity index (χ0n) is 3.53. The van der Waals surface area contributed by atoms with Crippen LogP contribution in [0.3, 0.4) is 0 Å². The molecule has 0 bridgehead atoms. The second-order valence-electron chi connectivity index (χ2n) is 0.447. The largest absolute Gasteiger partial charge is 2.00 e. The molecule has 0 amide bonds. The van der Waals surface area contributed by atoms with Crippen molar-refractivity contribution >= 4 is 34.0 Å². The summed E-state index contributed by atoms with van der Waals surface area (Å²) in [6.07, 6.45) is 0. The maximum atomic E-state index is 8.55. The third kappa shape index (κ3) is 188. The minimum atomic E-state index is -5.39. The van der Waals surface area contributed by atoms with E-state index in [4.69, 9.17) is 19.2 Å². The first-order valence-corrected chi connectivity index (χ1v) is 2.19. The van der Waals surface area contributed by atoms with Gasteiger partial charge >= 0.3 is 26.2 Å². The molecule has 0 saturated carbocycles. The first kappa shape index (κ1) is 15.7. The Balaban J connectivity index is -0.0000000800. The predicted molar refractivity (Wildman–Crippen MR) is 19.3 cm³/mol. The zero-order valence-corrected chi connectivity index (χ0v) is 7.90. The maximum absolute atomic E-state index is 8.55. The van der Waals surface area contributed by atoms with Gasteiger partial charge in [0.15, 0.2) is 0 Å². The molecule has 43 valence electrons. The molecule has 0 aromatic carbocycles. The monoisotopic (exact) mass is 322 g/mol. The van der Waals surface area contributed by atoms with Gasteiger partial charge in [-0.2, -0.15) is 7.82 Å². The molecule has 0 aliphatic rings. The van der Waals surface area contributed by atoms with Crippen molar-refractivity contribution in [2.75, 3.05) is 0 Å². The molecule has 0 aromatic heterocycles. The maximum Gasteiger partial charge on any atom is 2.00 e. The van der Waals surface area contributed by atoms with Crippen LogP contribution in [0.2, 0.25) is 0 Å². The molecule has 0 rings (SSSR count). The van der Waals surface area contributed by atoms with E-state index in [1.807, 2.05) is 0 Å². The smallest absolute Gasteiger partial charge is 0.822 e. The average molecular weight is 322 g/mol. The molecule has 7 heavy (non-hydrogen) atoms. The molecule has 3 radical (unpaired) electrons. The first-order chi connectivity index (χ1) is 2.00. The summed E-state index contributed by atoms with van der Waals surface area (Å²) >= 11 is 0. The van der Waals surface area contributed by atoms with Crippen molar-refractivity contribution < 1.29 is 19.2 Å². The number of hydrogen-bond donors (Lipinski definition) is 1. The molecule has 0 atom stereocenters. The second kappa shape index (κ2) is 5.10. The Hall–Kier alpha value is 0.953. The van der Waals surface area contributed by atoms with Gasteiger partial charge in [-0.15, -0.1) is 0 Å². The van der Waals surface area contributed by atoms with Gasteiger partial charge in [0.25, 0.3) is 0 Å². The van der Waals surface area contributed by atoms with E-state index in [0.717, 1.165) is 0 Å². The van der Waals surface area contributed by atoms with Crippen LogP contribution < -0.4 is 20.8 Å². The number of quaternary nitrogens is 1. The molecule has 0 aliphatic heterocycles. The van der Waals surface area contributed by atoms with Crippen LogP contribution in [0.1, 0.15) is 0 Å². The van der Waals surface area contributed by atoms with Crippen LogP contribution in [-0.2, 0) is 4.57 Å². The molecule has 7 heteroatoms. The summed E-state index contributed by atoms with van der Waals surface area (Å²) in [5.41, 5.74) is 0. The molecule has 0 aliphatic carbocycles. The summed E-state index contributed by atoms with van der Waals surface area (Å²) < 4.78 is 8.55. The van der Waals surface area contributed by atoms with Crippen LogP contribution in [-0.4, -0.2) is 26.2 Å². The third-order valence-electron chi connectivity index (χ3n) is 0. The van der Waals surface area contributed by atoms with E-state index in [2.05, 4.69) is 0 Å². The van der Waals surface area contributed by atoms with Crippen molar-refractivity contribution in [2.45, 2.75) is 0 Å². The van der Waals surface area contributed by atoms with Crippen molar-refractivity contribution in [1.82, 2.24) is 6.15 Å². The zero-order chi connectivity index (χ0) is 4.50. The molecule has 0 spiro atoms. The van der Waals surface area contributed by atoms with Gasteiger partial charge in [0.2, 0.25) is 0 Å². The average Bonchev–Trinajstić information content (AvgIpc) is 0.722. The topological polar surface area (TPSA) is 123 Å². The Labute approximate surface area is 59.7 Å². The summed E-state index contributed by atoms with van der Waals surface area (Å²) in [4.78, 5) is 25.6. The minimum absolute atomic E-state index is 0. The minimum Gasteiger partial charge on any atom is -0.822 e. The predicted octanol–water partition coefficient (Wildman–Crippen LogP) is -2.83. The SMILES string of the molecule is O=P([O-])([O-])[O-].[Bi+2].[NH4+]. The molecule has 4 N–H and O–H groups in total. The van der Waals surface area contributed by atoms with Gasteiger partial charge < -0.3 is 25.4 Å². The Morgan fingerprint density at radius 2 is 1.14 bits per heavy atom. The standard InChI is InChI=1S/Bi.H3N.H3O4P/c;;1-5(2,3)4/h;1H3;(H3,1,2,3,4)/q+2;;/p-2. The normalized spacial score (nSPS) is 8.43. The van der Waals surface area contributed by atoms with Crippen LogP contribution in [0.5, 0.6) is 0 Å². The fourth-order valence-corrected chi connectivity index (χ4v) is 0. The van der Waals surface area contributed by atoms with Crippen LogP contribution in [0.15, 0.2) is 0 Å². The fraction of sp³-hybridized carbons (Fsp3) is 0. The Morgan fingerprint density at radius 1 is 1.14 bits per heavy atom. The van der Waals surface area contributed by atoms with E-state index in [0.29, 0.717) is 0 Å². The fourth-order valence-electron chi connectivity index (χ4n) is 0. The molecule has 0 aromatic rings. The van der Waals surface area contributed by atoms with Crippen LogP contribution in [0.4, 0.5) is 0 Å². The summed E-state index contributed by atoms with van der Waals surface area (Å²) in [6.45, 7) is 0. The quantitative estimate of drug-likeness (QED) is 0.381. The molecule has 0 fully saturated rings. The van der Waals surface area contributed by atoms with E-state index in [9.17, 15) is 0 Å². The first-order valence-electron chi connectivity index (χ1n) is 0.730. The molecule has 0 heterocycles. The number of phosphoric acid groups is 1. The molecule has 0 saturated heterocycles. The van der Waals surface area contributed by atoms with E-state index in [-0.39, 0.29) is 32.4 Å². The van der Waals surface area contributed by atoms with Gasteiger partial charge in [0, 0.05) is 0 Å². The summed E-state index contributed by atoms with van der Waals surface area (Å²) in [7, 11) is -5.39. The number of rotatable bonds is 0. The second-order valence-corrected chi connectivity index (χ2v) is 1.34. The molecular weight excluding hydrogens is 318 g/mol. The van der Waals surface area contributed by atoms with Crippen molar-refractivity contribution in [3.05, 3.63) is 0 Å². The third-order valence-corrected chi connectivity index (χ3v) is 0. The Kier molecular flexibility index (Phi) is 11.4.